The SMILES string of the molecule is Cl.Cl.NC(c1ccc([N+](=O)[O-])cc1)C(N)c1ccc([N+](=O)[O-])cc1. The first-order valence-electron chi connectivity index (χ1n) is 6.40. The van der Waals surface area contributed by atoms with E-state index in [0.29, 0.717) is 11.1 Å². The zero-order valence-electron chi connectivity index (χ0n) is 12.3. The average molecular weight is 375 g/mol. The van der Waals surface area contributed by atoms with Gasteiger partial charge in [-0.3, -0.25) is 20.2 Å². The second-order valence-electron chi connectivity index (χ2n) is 4.75. The zero-order chi connectivity index (χ0) is 16.3. The Bertz CT molecular complexity index is 633. The lowest BCUT2D eigenvalue weighted by molar-refractivity contribution is -0.385. The van der Waals surface area contributed by atoms with E-state index in [1.54, 1.807) is 24.3 Å². The quantitative estimate of drug-likeness (QED) is 0.608. The smallest absolute Gasteiger partial charge is 0.269 e. The summed E-state index contributed by atoms with van der Waals surface area (Å²) in [5, 5.41) is 21.2. The summed E-state index contributed by atoms with van der Waals surface area (Å²) >= 11 is 0. The molecule has 130 valence electrons. The van der Waals surface area contributed by atoms with Crippen LogP contribution in [0.2, 0.25) is 0 Å². The Balaban J connectivity index is 0.00000264. The number of nitrogens with two attached hydrogens (primary N) is 2. The summed E-state index contributed by atoms with van der Waals surface area (Å²) in [5.74, 6) is 0. The monoisotopic (exact) mass is 374 g/mol. The van der Waals surface area contributed by atoms with Crippen molar-refractivity contribution in [3.8, 4) is 0 Å². The van der Waals surface area contributed by atoms with Crippen molar-refractivity contribution >= 4 is 36.2 Å². The van der Waals surface area contributed by atoms with Gasteiger partial charge in [0.25, 0.3) is 11.4 Å². The molecule has 0 saturated carbocycles. The van der Waals surface area contributed by atoms with Gasteiger partial charge in [0.2, 0.25) is 0 Å². The lowest BCUT2D eigenvalue weighted by Crippen LogP contribution is -2.26. The molecule has 2 rings (SSSR count). The molecule has 0 spiro atoms. The predicted molar refractivity (Wildman–Crippen MR) is 94.5 cm³/mol. The molecule has 2 aromatic rings. The van der Waals surface area contributed by atoms with Crippen LogP contribution in [0, 0.1) is 20.2 Å². The molecule has 0 aliphatic rings. The summed E-state index contributed by atoms with van der Waals surface area (Å²) in [6.07, 6.45) is 0. The third-order valence-electron chi connectivity index (χ3n) is 3.36. The van der Waals surface area contributed by atoms with Gasteiger partial charge in [-0.05, 0) is 11.1 Å². The number of benzene rings is 2. The van der Waals surface area contributed by atoms with Crippen LogP contribution in [0.1, 0.15) is 23.2 Å². The average Bonchev–Trinajstić information content (AvgIpc) is 2.53. The number of nitro benzene ring substituents is 2. The number of halogens is 2. The van der Waals surface area contributed by atoms with Gasteiger partial charge in [-0.2, -0.15) is 0 Å². The van der Waals surface area contributed by atoms with E-state index in [1.165, 1.54) is 24.3 Å². The molecule has 0 saturated heterocycles. The van der Waals surface area contributed by atoms with Crippen LogP contribution in [0.3, 0.4) is 0 Å². The lowest BCUT2D eigenvalue weighted by Gasteiger charge is -2.20. The number of non-ortho nitro benzene ring substituents is 2. The highest BCUT2D eigenvalue weighted by atomic mass is 35.5. The summed E-state index contributed by atoms with van der Waals surface area (Å²) in [5.41, 5.74) is 13.4. The van der Waals surface area contributed by atoms with Crippen LogP contribution in [-0.2, 0) is 0 Å². The molecule has 0 fully saturated rings. The van der Waals surface area contributed by atoms with Crippen LogP contribution < -0.4 is 11.5 Å². The van der Waals surface area contributed by atoms with E-state index in [4.69, 9.17) is 11.5 Å². The van der Waals surface area contributed by atoms with E-state index >= 15 is 0 Å². The molecule has 2 aromatic carbocycles. The highest BCUT2D eigenvalue weighted by molar-refractivity contribution is 5.85. The second-order valence-corrected chi connectivity index (χ2v) is 4.75. The highest BCUT2D eigenvalue weighted by Crippen LogP contribution is 2.27. The van der Waals surface area contributed by atoms with Crippen LogP contribution in [-0.4, -0.2) is 9.85 Å². The highest BCUT2D eigenvalue weighted by Gasteiger charge is 2.19. The summed E-state index contributed by atoms with van der Waals surface area (Å²) in [4.78, 5) is 20.2. The van der Waals surface area contributed by atoms with Crippen molar-refractivity contribution in [2.75, 3.05) is 0 Å². The van der Waals surface area contributed by atoms with Crippen molar-refractivity contribution in [1.29, 1.82) is 0 Å². The van der Waals surface area contributed by atoms with E-state index < -0.39 is 21.9 Å². The standard InChI is InChI=1S/C14H14N4O4.2ClH/c15-13(9-1-5-11(6-2-9)17(19)20)14(16)10-3-7-12(8-4-10)18(21)22;;/h1-8,13-14H,15-16H2;2*1H. The van der Waals surface area contributed by atoms with Gasteiger partial charge in [-0.15, -0.1) is 24.8 Å². The Kier molecular flexibility index (Phi) is 8.28. The van der Waals surface area contributed by atoms with E-state index in [1.807, 2.05) is 0 Å². The maximum atomic E-state index is 10.6. The lowest BCUT2D eigenvalue weighted by atomic mass is 9.94. The van der Waals surface area contributed by atoms with Gasteiger partial charge >= 0.3 is 0 Å². The molecule has 10 heteroatoms. The Labute approximate surface area is 150 Å². The van der Waals surface area contributed by atoms with Crippen LogP contribution in [0.25, 0.3) is 0 Å². The van der Waals surface area contributed by atoms with Crippen LogP contribution in [0.15, 0.2) is 48.5 Å². The number of nitrogens with zero attached hydrogens (tertiary/aromatic N) is 2. The Morgan fingerprint density at radius 1 is 0.667 bits per heavy atom. The third kappa shape index (κ3) is 4.87. The fraction of sp³-hybridized carbons (Fsp3) is 0.143. The fourth-order valence-electron chi connectivity index (χ4n) is 2.05. The molecule has 0 aliphatic carbocycles. The zero-order valence-corrected chi connectivity index (χ0v) is 13.9. The van der Waals surface area contributed by atoms with Gasteiger partial charge in [0, 0.05) is 36.3 Å². The van der Waals surface area contributed by atoms with Crippen molar-refractivity contribution in [2.45, 2.75) is 12.1 Å². The van der Waals surface area contributed by atoms with Crippen molar-refractivity contribution in [2.24, 2.45) is 11.5 Å². The Hall–Kier alpha value is -2.26. The van der Waals surface area contributed by atoms with Crippen LogP contribution >= 0.6 is 24.8 Å². The maximum absolute atomic E-state index is 10.6. The Morgan fingerprint density at radius 2 is 0.917 bits per heavy atom. The van der Waals surface area contributed by atoms with Crippen molar-refractivity contribution in [3.63, 3.8) is 0 Å². The van der Waals surface area contributed by atoms with Crippen molar-refractivity contribution in [3.05, 3.63) is 79.9 Å². The number of hydrogen-bond acceptors (Lipinski definition) is 6. The topological polar surface area (TPSA) is 138 Å². The second kappa shape index (κ2) is 9.14. The van der Waals surface area contributed by atoms with E-state index in [0.717, 1.165) is 0 Å². The van der Waals surface area contributed by atoms with Crippen LogP contribution in [0.5, 0.6) is 0 Å². The first kappa shape index (κ1) is 21.7. The molecule has 0 radical (unpaired) electrons. The molecule has 0 heterocycles. The number of nitro groups is 2. The van der Waals surface area contributed by atoms with Gasteiger partial charge < -0.3 is 11.5 Å². The molecular formula is C14H16Cl2N4O4. The summed E-state index contributed by atoms with van der Waals surface area (Å²) in [6, 6.07) is 10.5. The minimum Gasteiger partial charge on any atom is -0.322 e. The van der Waals surface area contributed by atoms with Crippen molar-refractivity contribution in [1.82, 2.24) is 0 Å². The van der Waals surface area contributed by atoms with Gasteiger partial charge in [0.1, 0.15) is 0 Å². The first-order chi connectivity index (χ1) is 10.4. The summed E-state index contributed by atoms with van der Waals surface area (Å²) < 4.78 is 0. The Morgan fingerprint density at radius 3 is 1.12 bits per heavy atom. The molecule has 0 amide bonds. The van der Waals surface area contributed by atoms with Gasteiger partial charge in [-0.25, -0.2) is 0 Å². The molecule has 2 unspecified atom stereocenters. The normalized spacial score (nSPS) is 12.2. The molecule has 2 atom stereocenters. The van der Waals surface area contributed by atoms with Gasteiger partial charge in [0.05, 0.1) is 9.85 Å². The predicted octanol–water partition coefficient (Wildman–Crippen LogP) is 3.05. The summed E-state index contributed by atoms with van der Waals surface area (Å²) in [7, 11) is 0. The van der Waals surface area contributed by atoms with E-state index in [9.17, 15) is 20.2 Å². The minimum atomic E-state index is -0.581. The van der Waals surface area contributed by atoms with Gasteiger partial charge in [0.15, 0.2) is 0 Å². The van der Waals surface area contributed by atoms with E-state index in [-0.39, 0.29) is 36.2 Å². The fourth-order valence-corrected chi connectivity index (χ4v) is 2.05. The largest absolute Gasteiger partial charge is 0.322 e. The molecule has 8 nitrogen and oxygen atoms in total. The van der Waals surface area contributed by atoms with Gasteiger partial charge in [-0.1, -0.05) is 24.3 Å². The minimum absolute atomic E-state index is 0. The first-order valence-corrected chi connectivity index (χ1v) is 6.40. The summed E-state index contributed by atoms with van der Waals surface area (Å²) in [6.45, 7) is 0. The molecule has 24 heavy (non-hydrogen) atoms. The molecular weight excluding hydrogens is 359 g/mol. The molecule has 4 N–H and O–H groups in total. The number of hydrogen-bond donors (Lipinski definition) is 2. The van der Waals surface area contributed by atoms with Crippen LogP contribution in [0.4, 0.5) is 11.4 Å². The van der Waals surface area contributed by atoms with Crippen molar-refractivity contribution < 1.29 is 9.85 Å². The molecule has 0 bridgehead atoms. The number of rotatable bonds is 5. The third-order valence-corrected chi connectivity index (χ3v) is 3.36. The maximum Gasteiger partial charge on any atom is 0.269 e. The molecule has 0 aliphatic heterocycles. The van der Waals surface area contributed by atoms with E-state index in [2.05, 4.69) is 0 Å². The molecule has 0 aromatic heterocycles.